The van der Waals surface area contributed by atoms with E-state index in [9.17, 15) is 14.4 Å². The number of thiophene rings is 1. The van der Waals surface area contributed by atoms with Crippen molar-refractivity contribution in [2.75, 3.05) is 25.6 Å². The molecule has 0 atom stereocenters. The standard InChI is InChI=1S/C22H21NO7S/c1-3-28-22(26)20-16(17-5-4-10-29-17)13-31-21(20)23-18(24)12-30-19(25)11-14-6-8-15(27-2)9-7-14/h4-10,13H,3,11-12H2,1-2H3,(H,23,24). The molecule has 0 bridgehead atoms. The molecule has 8 nitrogen and oxygen atoms in total. The van der Waals surface area contributed by atoms with Gasteiger partial charge in [-0.3, -0.25) is 9.59 Å². The Morgan fingerprint density at radius 1 is 1.10 bits per heavy atom. The molecule has 0 radical (unpaired) electrons. The molecular formula is C22H21NO7S. The maximum atomic E-state index is 12.4. The highest BCUT2D eigenvalue weighted by atomic mass is 32.1. The highest BCUT2D eigenvalue weighted by molar-refractivity contribution is 7.15. The highest BCUT2D eigenvalue weighted by Gasteiger charge is 2.24. The summed E-state index contributed by atoms with van der Waals surface area (Å²) in [6.07, 6.45) is 1.51. The lowest BCUT2D eigenvalue weighted by atomic mass is 10.1. The van der Waals surface area contributed by atoms with Crippen LogP contribution in [0.1, 0.15) is 22.8 Å². The van der Waals surface area contributed by atoms with Gasteiger partial charge in [0.1, 0.15) is 22.1 Å². The quantitative estimate of drug-likeness (QED) is 0.500. The third-order valence-corrected chi connectivity index (χ3v) is 5.08. The zero-order chi connectivity index (χ0) is 22.2. The summed E-state index contributed by atoms with van der Waals surface area (Å²) < 4.78 is 20.6. The predicted octanol–water partition coefficient (Wildman–Crippen LogP) is 3.92. The minimum absolute atomic E-state index is 0.0208. The Labute approximate surface area is 182 Å². The number of amides is 1. The fourth-order valence-electron chi connectivity index (χ4n) is 2.74. The number of furan rings is 1. The van der Waals surface area contributed by atoms with Gasteiger partial charge in [0.05, 0.1) is 26.4 Å². The smallest absolute Gasteiger partial charge is 0.341 e. The van der Waals surface area contributed by atoms with Crippen molar-refractivity contribution in [1.29, 1.82) is 0 Å². The fraction of sp³-hybridized carbons (Fsp3) is 0.227. The van der Waals surface area contributed by atoms with Crippen LogP contribution in [0, 0.1) is 0 Å². The molecule has 0 aliphatic carbocycles. The first-order valence-electron chi connectivity index (χ1n) is 9.42. The number of carbonyl (C=O) groups excluding carboxylic acids is 3. The molecule has 0 saturated heterocycles. The molecule has 2 aromatic heterocycles. The van der Waals surface area contributed by atoms with Crippen LogP contribution < -0.4 is 10.1 Å². The second-order valence-corrected chi connectivity index (χ2v) is 7.16. The van der Waals surface area contributed by atoms with Crippen LogP contribution >= 0.6 is 11.3 Å². The summed E-state index contributed by atoms with van der Waals surface area (Å²) >= 11 is 1.15. The first-order chi connectivity index (χ1) is 15.0. The highest BCUT2D eigenvalue weighted by Crippen LogP contribution is 2.36. The predicted molar refractivity (Wildman–Crippen MR) is 114 cm³/mol. The van der Waals surface area contributed by atoms with Gasteiger partial charge >= 0.3 is 11.9 Å². The summed E-state index contributed by atoms with van der Waals surface area (Å²) in [5.74, 6) is -0.540. The zero-order valence-corrected chi connectivity index (χ0v) is 17.8. The zero-order valence-electron chi connectivity index (χ0n) is 17.0. The van der Waals surface area contributed by atoms with Gasteiger partial charge in [-0.15, -0.1) is 11.3 Å². The van der Waals surface area contributed by atoms with Crippen molar-refractivity contribution in [2.24, 2.45) is 0 Å². The number of rotatable bonds is 9. The van der Waals surface area contributed by atoms with Crippen molar-refractivity contribution in [3.63, 3.8) is 0 Å². The van der Waals surface area contributed by atoms with Gasteiger partial charge in [0.2, 0.25) is 0 Å². The third kappa shape index (κ3) is 5.73. The van der Waals surface area contributed by atoms with E-state index in [1.54, 1.807) is 55.8 Å². The van der Waals surface area contributed by atoms with Crippen LogP contribution in [-0.4, -0.2) is 38.2 Å². The molecule has 0 aliphatic rings. The number of carbonyl (C=O) groups is 3. The number of methoxy groups -OCH3 is 1. The summed E-state index contributed by atoms with van der Waals surface area (Å²) in [5, 5.41) is 4.59. The molecule has 31 heavy (non-hydrogen) atoms. The summed E-state index contributed by atoms with van der Waals surface area (Å²) in [6, 6.07) is 10.4. The molecule has 0 saturated carbocycles. The monoisotopic (exact) mass is 443 g/mol. The molecule has 9 heteroatoms. The summed E-state index contributed by atoms with van der Waals surface area (Å²) in [6.45, 7) is 1.39. The molecule has 1 N–H and O–H groups in total. The molecule has 0 fully saturated rings. The SMILES string of the molecule is CCOC(=O)c1c(-c2ccco2)csc1NC(=O)COC(=O)Cc1ccc(OC)cc1. The van der Waals surface area contributed by atoms with Gasteiger partial charge in [0, 0.05) is 10.9 Å². The first kappa shape index (κ1) is 22.1. The molecule has 1 aromatic carbocycles. The van der Waals surface area contributed by atoms with Crippen LogP contribution in [0.4, 0.5) is 5.00 Å². The summed E-state index contributed by atoms with van der Waals surface area (Å²) in [4.78, 5) is 36.8. The van der Waals surface area contributed by atoms with E-state index in [-0.39, 0.29) is 18.6 Å². The topological polar surface area (TPSA) is 104 Å². The molecule has 1 amide bonds. The van der Waals surface area contributed by atoms with Crippen molar-refractivity contribution >= 4 is 34.2 Å². The van der Waals surface area contributed by atoms with Gasteiger partial charge in [-0.2, -0.15) is 0 Å². The number of benzene rings is 1. The Morgan fingerprint density at radius 3 is 2.52 bits per heavy atom. The van der Waals surface area contributed by atoms with Gasteiger partial charge in [0.15, 0.2) is 6.61 Å². The van der Waals surface area contributed by atoms with Crippen LogP contribution in [0.25, 0.3) is 11.3 Å². The lowest BCUT2D eigenvalue weighted by molar-refractivity contribution is -0.146. The molecule has 3 rings (SSSR count). The van der Waals surface area contributed by atoms with E-state index in [2.05, 4.69) is 5.32 Å². The van der Waals surface area contributed by atoms with Gasteiger partial charge in [-0.25, -0.2) is 4.79 Å². The van der Waals surface area contributed by atoms with Crippen LogP contribution in [-0.2, 0) is 25.5 Å². The molecule has 0 aliphatic heterocycles. The maximum Gasteiger partial charge on any atom is 0.341 e. The Kier molecular flexibility index (Phi) is 7.45. The van der Waals surface area contributed by atoms with Crippen LogP contribution in [0.2, 0.25) is 0 Å². The van der Waals surface area contributed by atoms with E-state index in [0.717, 1.165) is 16.9 Å². The second kappa shape index (κ2) is 10.4. The normalized spacial score (nSPS) is 10.4. The second-order valence-electron chi connectivity index (χ2n) is 6.28. The number of hydrogen-bond donors (Lipinski definition) is 1. The van der Waals surface area contributed by atoms with Gasteiger partial charge < -0.3 is 23.9 Å². The maximum absolute atomic E-state index is 12.4. The van der Waals surface area contributed by atoms with Crippen LogP contribution in [0.15, 0.2) is 52.5 Å². The Balaban J connectivity index is 1.62. The molecule has 0 unspecified atom stereocenters. The van der Waals surface area contributed by atoms with E-state index < -0.39 is 24.5 Å². The fourth-order valence-corrected chi connectivity index (χ4v) is 3.69. The lowest BCUT2D eigenvalue weighted by Gasteiger charge is -2.09. The Bertz CT molecular complexity index is 1040. The van der Waals surface area contributed by atoms with E-state index in [1.807, 2.05) is 0 Å². The van der Waals surface area contributed by atoms with E-state index in [0.29, 0.717) is 22.1 Å². The number of ether oxygens (including phenoxy) is 3. The largest absolute Gasteiger partial charge is 0.497 e. The molecule has 3 aromatic rings. The van der Waals surface area contributed by atoms with Crippen molar-refractivity contribution in [2.45, 2.75) is 13.3 Å². The number of esters is 2. The van der Waals surface area contributed by atoms with Crippen molar-refractivity contribution in [3.8, 4) is 17.1 Å². The van der Waals surface area contributed by atoms with Gasteiger partial charge in [-0.05, 0) is 36.8 Å². The molecule has 162 valence electrons. The molecular weight excluding hydrogens is 422 g/mol. The third-order valence-electron chi connectivity index (χ3n) is 4.18. The number of hydrogen-bond acceptors (Lipinski definition) is 8. The van der Waals surface area contributed by atoms with Crippen molar-refractivity contribution in [3.05, 3.63) is 59.2 Å². The average molecular weight is 443 g/mol. The van der Waals surface area contributed by atoms with E-state index in [1.165, 1.54) is 6.26 Å². The number of nitrogens with one attached hydrogen (secondary N) is 1. The van der Waals surface area contributed by atoms with Crippen molar-refractivity contribution in [1.82, 2.24) is 0 Å². The van der Waals surface area contributed by atoms with E-state index in [4.69, 9.17) is 18.6 Å². The molecule has 2 heterocycles. The summed E-state index contributed by atoms with van der Waals surface area (Å²) in [7, 11) is 1.56. The first-order valence-corrected chi connectivity index (χ1v) is 10.3. The van der Waals surface area contributed by atoms with Crippen LogP contribution in [0.5, 0.6) is 5.75 Å². The average Bonchev–Trinajstić information content (AvgIpc) is 3.43. The van der Waals surface area contributed by atoms with E-state index >= 15 is 0 Å². The van der Waals surface area contributed by atoms with Crippen molar-refractivity contribution < 1.29 is 33.0 Å². The Hall–Kier alpha value is -3.59. The minimum atomic E-state index is -0.582. The summed E-state index contributed by atoms with van der Waals surface area (Å²) in [5.41, 5.74) is 1.44. The van der Waals surface area contributed by atoms with Gasteiger partial charge in [-0.1, -0.05) is 12.1 Å². The van der Waals surface area contributed by atoms with Gasteiger partial charge in [0.25, 0.3) is 5.91 Å². The molecule has 0 spiro atoms. The van der Waals surface area contributed by atoms with Crippen LogP contribution in [0.3, 0.4) is 0 Å². The minimum Gasteiger partial charge on any atom is -0.497 e. The number of anilines is 1. The lowest BCUT2D eigenvalue weighted by Crippen LogP contribution is -2.22. The Morgan fingerprint density at radius 2 is 1.87 bits per heavy atom.